The third kappa shape index (κ3) is 2.07. The summed E-state index contributed by atoms with van der Waals surface area (Å²) in [4.78, 5) is 2.44. The topological polar surface area (TPSA) is 27.0 Å². The van der Waals surface area contributed by atoms with Crippen LogP contribution in [0.3, 0.4) is 0 Å². The Balaban J connectivity index is 2.07. The van der Waals surface area contributed by atoms with Crippen LogP contribution in [0.1, 0.15) is 24.8 Å². The normalized spacial score (nSPS) is 17.1. The van der Waals surface area contributed by atoms with Crippen molar-refractivity contribution in [2.75, 3.05) is 18.0 Å². The Hall–Kier alpha value is -1.02. The summed E-state index contributed by atoms with van der Waals surface area (Å²) in [5.41, 5.74) is 9.67. The Bertz CT molecular complexity index is 273. The fourth-order valence-corrected chi connectivity index (χ4v) is 1.98. The molecular weight excluding hydrogens is 172 g/mol. The van der Waals surface area contributed by atoms with Crippen molar-refractivity contribution in [1.29, 1.82) is 0 Å². The highest BCUT2D eigenvalue weighted by atomic mass is 15.1. The lowest BCUT2D eigenvalue weighted by Gasteiger charge is -2.29. The molecule has 2 heteroatoms. The van der Waals surface area contributed by atoms with E-state index in [9.17, 15) is 0 Å². The molecule has 0 radical (unpaired) electrons. The molecule has 0 aliphatic carbocycles. The molecule has 2 rings (SSSR count). The van der Waals surface area contributed by atoms with Crippen LogP contribution < -0.4 is 4.90 Å². The van der Waals surface area contributed by atoms with Crippen LogP contribution in [-0.2, 0) is 6.54 Å². The summed E-state index contributed by atoms with van der Waals surface area (Å²) >= 11 is 0. The van der Waals surface area contributed by atoms with Crippen molar-refractivity contribution in [2.24, 2.45) is 0 Å². The molecule has 1 aliphatic heterocycles. The fourth-order valence-electron chi connectivity index (χ4n) is 1.98. The second-order valence-electron chi connectivity index (χ2n) is 3.89. The van der Waals surface area contributed by atoms with E-state index in [1.54, 1.807) is 0 Å². The van der Waals surface area contributed by atoms with Crippen LogP contribution in [0.15, 0.2) is 24.3 Å². The number of hydrogen-bond donors (Lipinski definition) is 0. The largest absolute Gasteiger partial charge is 0.674 e. The molecule has 2 nitrogen and oxygen atoms in total. The predicted molar refractivity (Wildman–Crippen MR) is 60.5 cm³/mol. The van der Waals surface area contributed by atoms with E-state index in [1.165, 1.54) is 38.0 Å². The summed E-state index contributed by atoms with van der Waals surface area (Å²) in [6.07, 6.45) is 4.02. The molecule has 0 spiro atoms. The molecule has 1 saturated heterocycles. The third-order valence-corrected chi connectivity index (χ3v) is 2.86. The molecule has 1 fully saturated rings. The lowest BCUT2D eigenvalue weighted by molar-refractivity contribution is 0.578. The molecule has 14 heavy (non-hydrogen) atoms. The van der Waals surface area contributed by atoms with Gasteiger partial charge in [0.05, 0.1) is 0 Å². The third-order valence-electron chi connectivity index (χ3n) is 2.86. The Morgan fingerprint density at radius 1 is 1.00 bits per heavy atom. The molecule has 1 N–H and O–H groups in total. The van der Waals surface area contributed by atoms with Gasteiger partial charge in [0.25, 0.3) is 0 Å². The number of nitrogens with one attached hydrogen (secondary N) is 1. The molecule has 1 aliphatic rings. The van der Waals surface area contributed by atoms with Crippen LogP contribution in [0.2, 0.25) is 0 Å². The smallest absolute Gasteiger partial charge is 0.0366 e. The van der Waals surface area contributed by atoms with E-state index in [2.05, 4.69) is 29.2 Å². The van der Waals surface area contributed by atoms with Crippen LogP contribution in [0.25, 0.3) is 5.73 Å². The minimum atomic E-state index is 0.389. The average molecular weight is 189 g/mol. The maximum Gasteiger partial charge on any atom is 0.0366 e. The van der Waals surface area contributed by atoms with Crippen molar-refractivity contribution in [2.45, 2.75) is 25.8 Å². The van der Waals surface area contributed by atoms with Crippen molar-refractivity contribution < 1.29 is 0 Å². The molecule has 1 aromatic rings. The van der Waals surface area contributed by atoms with Gasteiger partial charge >= 0.3 is 0 Å². The molecule has 0 saturated carbocycles. The van der Waals surface area contributed by atoms with Gasteiger partial charge in [0.1, 0.15) is 0 Å². The summed E-state index contributed by atoms with van der Waals surface area (Å²) in [5.74, 6) is 0. The number of nitrogens with zero attached hydrogens (tertiary/aromatic N) is 1. The fraction of sp³-hybridized carbons (Fsp3) is 0.500. The van der Waals surface area contributed by atoms with Gasteiger partial charge in [-0.2, -0.15) is 0 Å². The lowest BCUT2D eigenvalue weighted by atomic mass is 10.1. The van der Waals surface area contributed by atoms with Gasteiger partial charge in [0, 0.05) is 18.8 Å². The van der Waals surface area contributed by atoms with Gasteiger partial charge in [0.2, 0.25) is 0 Å². The van der Waals surface area contributed by atoms with E-state index >= 15 is 0 Å². The monoisotopic (exact) mass is 189 g/mol. The van der Waals surface area contributed by atoms with Gasteiger partial charge < -0.3 is 10.6 Å². The van der Waals surface area contributed by atoms with Crippen molar-refractivity contribution >= 4 is 5.69 Å². The molecule has 0 unspecified atom stereocenters. The van der Waals surface area contributed by atoms with Crippen LogP contribution in [0.4, 0.5) is 5.69 Å². The van der Waals surface area contributed by atoms with Crippen molar-refractivity contribution in [3.05, 3.63) is 35.6 Å². The van der Waals surface area contributed by atoms with E-state index in [0.717, 1.165) is 5.56 Å². The number of piperidine rings is 1. The number of anilines is 1. The Morgan fingerprint density at radius 2 is 1.64 bits per heavy atom. The predicted octanol–water partition coefficient (Wildman–Crippen LogP) is 3.23. The summed E-state index contributed by atoms with van der Waals surface area (Å²) in [6, 6.07) is 8.43. The average Bonchev–Trinajstić information content (AvgIpc) is 2.30. The molecular formula is C12H17N2-. The molecule has 1 aromatic carbocycles. The first-order valence-electron chi connectivity index (χ1n) is 5.38. The van der Waals surface area contributed by atoms with E-state index in [1.807, 2.05) is 0 Å². The van der Waals surface area contributed by atoms with Gasteiger partial charge in [-0.15, -0.1) is 6.54 Å². The molecule has 1 heterocycles. The zero-order valence-electron chi connectivity index (χ0n) is 8.50. The van der Waals surface area contributed by atoms with E-state index < -0.39 is 0 Å². The highest BCUT2D eigenvalue weighted by molar-refractivity contribution is 5.47. The second-order valence-corrected chi connectivity index (χ2v) is 3.89. The maximum atomic E-state index is 7.24. The van der Waals surface area contributed by atoms with E-state index in [0.29, 0.717) is 6.54 Å². The van der Waals surface area contributed by atoms with Crippen molar-refractivity contribution in [1.82, 2.24) is 0 Å². The lowest BCUT2D eigenvalue weighted by Crippen LogP contribution is -2.29. The Morgan fingerprint density at radius 3 is 2.21 bits per heavy atom. The standard InChI is InChI=1S/C12H17N2/c13-10-11-4-6-12(7-5-11)14-8-2-1-3-9-14/h4-7,13H,1-3,8-10H2/q-1. The Kier molecular flexibility index (Phi) is 3.04. The first-order chi connectivity index (χ1) is 6.90. The van der Waals surface area contributed by atoms with Gasteiger partial charge in [0.15, 0.2) is 0 Å². The minimum Gasteiger partial charge on any atom is -0.674 e. The second kappa shape index (κ2) is 4.47. The van der Waals surface area contributed by atoms with Gasteiger partial charge in [-0.05, 0) is 31.4 Å². The number of benzene rings is 1. The first kappa shape index (κ1) is 9.53. The van der Waals surface area contributed by atoms with Gasteiger partial charge in [-0.1, -0.05) is 17.7 Å². The summed E-state index contributed by atoms with van der Waals surface area (Å²) < 4.78 is 0. The first-order valence-corrected chi connectivity index (χ1v) is 5.38. The zero-order chi connectivity index (χ0) is 9.80. The highest BCUT2D eigenvalue weighted by Crippen LogP contribution is 2.20. The SMILES string of the molecule is [NH-]Cc1ccc(N2CCCCC2)cc1. The number of rotatable bonds is 2. The maximum absolute atomic E-state index is 7.24. The molecule has 0 bridgehead atoms. The van der Waals surface area contributed by atoms with Gasteiger partial charge in [-0.25, -0.2) is 0 Å². The van der Waals surface area contributed by atoms with Crippen LogP contribution in [0, 0.1) is 0 Å². The van der Waals surface area contributed by atoms with E-state index in [-0.39, 0.29) is 0 Å². The molecule has 76 valence electrons. The summed E-state index contributed by atoms with van der Waals surface area (Å²) in [6.45, 7) is 2.78. The van der Waals surface area contributed by atoms with E-state index in [4.69, 9.17) is 5.73 Å². The zero-order valence-corrected chi connectivity index (χ0v) is 8.50. The highest BCUT2D eigenvalue weighted by Gasteiger charge is 2.09. The molecule has 0 atom stereocenters. The molecule has 0 amide bonds. The van der Waals surface area contributed by atoms with Crippen LogP contribution in [-0.4, -0.2) is 13.1 Å². The van der Waals surface area contributed by atoms with Crippen molar-refractivity contribution in [3.63, 3.8) is 0 Å². The Labute approximate surface area is 85.7 Å². The van der Waals surface area contributed by atoms with Crippen molar-refractivity contribution in [3.8, 4) is 0 Å². The summed E-state index contributed by atoms with van der Waals surface area (Å²) in [5, 5.41) is 0. The summed E-state index contributed by atoms with van der Waals surface area (Å²) in [7, 11) is 0. The molecule has 0 aromatic heterocycles. The quantitative estimate of drug-likeness (QED) is 0.701. The number of hydrogen-bond acceptors (Lipinski definition) is 1. The van der Waals surface area contributed by atoms with Crippen LogP contribution >= 0.6 is 0 Å². The van der Waals surface area contributed by atoms with Gasteiger partial charge in [-0.3, -0.25) is 0 Å². The van der Waals surface area contributed by atoms with Crippen LogP contribution in [0.5, 0.6) is 0 Å². The minimum absolute atomic E-state index is 0.389.